The highest BCUT2D eigenvalue weighted by Crippen LogP contribution is 2.34. The Labute approximate surface area is 208 Å². The number of methoxy groups -OCH3 is 2. The largest absolute Gasteiger partial charge is 0.497 e. The van der Waals surface area contributed by atoms with E-state index in [2.05, 4.69) is 5.32 Å². The molecule has 2 aromatic carbocycles. The van der Waals surface area contributed by atoms with Gasteiger partial charge in [-0.3, -0.25) is 13.9 Å². The predicted molar refractivity (Wildman–Crippen MR) is 136 cm³/mol. The van der Waals surface area contributed by atoms with Crippen LogP contribution in [0.3, 0.4) is 0 Å². The zero-order chi connectivity index (χ0) is 26.2. The fourth-order valence-electron chi connectivity index (χ4n) is 3.57. The zero-order valence-electron chi connectivity index (χ0n) is 21.2. The van der Waals surface area contributed by atoms with Crippen LogP contribution < -0.4 is 19.1 Å². The Kier molecular flexibility index (Phi) is 9.94. The molecule has 2 aromatic rings. The van der Waals surface area contributed by atoms with Crippen molar-refractivity contribution >= 4 is 27.5 Å². The molecule has 0 spiro atoms. The summed E-state index contributed by atoms with van der Waals surface area (Å²) in [4.78, 5) is 27.8. The molecule has 0 fully saturated rings. The van der Waals surface area contributed by atoms with Gasteiger partial charge in [-0.1, -0.05) is 36.8 Å². The van der Waals surface area contributed by atoms with Gasteiger partial charge in [-0.2, -0.15) is 0 Å². The van der Waals surface area contributed by atoms with E-state index < -0.39 is 28.5 Å². The molecule has 35 heavy (non-hydrogen) atoms. The van der Waals surface area contributed by atoms with Gasteiger partial charge in [0.15, 0.2) is 0 Å². The van der Waals surface area contributed by atoms with Crippen molar-refractivity contribution in [2.75, 3.05) is 37.9 Å². The number of rotatable bonds is 12. The Balaban J connectivity index is 2.47. The third-order valence-corrected chi connectivity index (χ3v) is 6.61. The number of hydrogen-bond acceptors (Lipinski definition) is 6. The molecule has 0 saturated carbocycles. The summed E-state index contributed by atoms with van der Waals surface area (Å²) in [5.74, 6) is -0.160. The van der Waals surface area contributed by atoms with Gasteiger partial charge in [-0.25, -0.2) is 8.42 Å². The van der Waals surface area contributed by atoms with Gasteiger partial charge in [0.2, 0.25) is 21.8 Å². The topological polar surface area (TPSA) is 105 Å². The van der Waals surface area contributed by atoms with Crippen LogP contribution in [-0.4, -0.2) is 64.7 Å². The first kappa shape index (κ1) is 28.0. The third kappa shape index (κ3) is 7.61. The highest BCUT2D eigenvalue weighted by atomic mass is 32.2. The quantitative estimate of drug-likeness (QED) is 0.476. The average Bonchev–Trinajstić information content (AvgIpc) is 2.82. The molecular formula is C25H35N3O6S. The van der Waals surface area contributed by atoms with E-state index >= 15 is 0 Å². The summed E-state index contributed by atoms with van der Waals surface area (Å²) in [5.41, 5.74) is 2.01. The van der Waals surface area contributed by atoms with Gasteiger partial charge in [0.05, 0.1) is 26.2 Å². The summed E-state index contributed by atoms with van der Waals surface area (Å²) in [6.07, 6.45) is 1.77. The Morgan fingerprint density at radius 3 is 2.37 bits per heavy atom. The van der Waals surface area contributed by atoms with Gasteiger partial charge in [-0.15, -0.1) is 0 Å². The van der Waals surface area contributed by atoms with Crippen LogP contribution in [0, 0.1) is 6.92 Å². The molecule has 0 heterocycles. The van der Waals surface area contributed by atoms with Gasteiger partial charge >= 0.3 is 0 Å². The SMILES string of the molecule is CCCNC(=O)C(C)N(Cc1cccc(C)c1)C(=O)CN(c1cc(OC)ccc1OC)S(C)(=O)=O. The van der Waals surface area contributed by atoms with Crippen molar-refractivity contribution in [1.29, 1.82) is 0 Å². The van der Waals surface area contributed by atoms with E-state index in [9.17, 15) is 18.0 Å². The molecule has 10 heteroatoms. The smallest absolute Gasteiger partial charge is 0.244 e. The van der Waals surface area contributed by atoms with E-state index in [-0.39, 0.29) is 23.9 Å². The number of ether oxygens (including phenoxy) is 2. The molecule has 2 rings (SSSR count). The average molecular weight is 506 g/mol. The number of nitrogens with zero attached hydrogens (tertiary/aromatic N) is 2. The standard InChI is InChI=1S/C25H35N3O6S/c1-7-13-26-25(30)19(3)27(16-20-10-8-9-18(2)14-20)24(29)17-28(35(6,31)32)22-15-21(33-4)11-12-23(22)34-5/h8-12,14-15,19H,7,13,16-17H2,1-6H3,(H,26,30). The van der Waals surface area contributed by atoms with Crippen LogP contribution in [0.2, 0.25) is 0 Å². The molecule has 0 radical (unpaired) electrons. The van der Waals surface area contributed by atoms with Crippen molar-refractivity contribution in [3.8, 4) is 11.5 Å². The first-order valence-electron chi connectivity index (χ1n) is 11.3. The lowest BCUT2D eigenvalue weighted by molar-refractivity contribution is -0.139. The van der Waals surface area contributed by atoms with Crippen molar-refractivity contribution in [3.05, 3.63) is 53.6 Å². The van der Waals surface area contributed by atoms with Crippen LogP contribution >= 0.6 is 0 Å². The van der Waals surface area contributed by atoms with Crippen LogP contribution in [-0.2, 0) is 26.2 Å². The van der Waals surface area contributed by atoms with E-state index in [0.717, 1.165) is 28.1 Å². The number of aryl methyl sites for hydroxylation is 1. The van der Waals surface area contributed by atoms with Crippen molar-refractivity contribution < 1.29 is 27.5 Å². The molecule has 0 aliphatic carbocycles. The molecule has 1 atom stereocenters. The minimum Gasteiger partial charge on any atom is -0.497 e. The molecule has 192 valence electrons. The molecule has 1 N–H and O–H groups in total. The zero-order valence-corrected chi connectivity index (χ0v) is 22.0. The molecule has 0 aliphatic rings. The number of amides is 2. The highest BCUT2D eigenvalue weighted by Gasteiger charge is 2.31. The molecule has 2 amide bonds. The molecular weight excluding hydrogens is 470 g/mol. The monoisotopic (exact) mass is 505 g/mol. The second kappa shape index (κ2) is 12.4. The lowest BCUT2D eigenvalue weighted by Gasteiger charge is -2.32. The lowest BCUT2D eigenvalue weighted by atomic mass is 10.1. The predicted octanol–water partition coefficient (Wildman–Crippen LogP) is 2.72. The molecule has 0 aliphatic heterocycles. The minimum atomic E-state index is -3.89. The van der Waals surface area contributed by atoms with E-state index in [4.69, 9.17) is 9.47 Å². The number of carbonyl (C=O) groups excluding carboxylic acids is 2. The minimum absolute atomic E-state index is 0.147. The van der Waals surface area contributed by atoms with Crippen molar-refractivity contribution in [1.82, 2.24) is 10.2 Å². The third-order valence-electron chi connectivity index (χ3n) is 5.49. The van der Waals surface area contributed by atoms with Gasteiger partial charge < -0.3 is 19.7 Å². The van der Waals surface area contributed by atoms with Crippen LogP contribution in [0.15, 0.2) is 42.5 Å². The van der Waals surface area contributed by atoms with Crippen LogP contribution in [0.1, 0.15) is 31.4 Å². The molecule has 1 unspecified atom stereocenters. The number of benzene rings is 2. The fraction of sp³-hybridized carbons (Fsp3) is 0.440. The number of hydrogen-bond donors (Lipinski definition) is 1. The van der Waals surface area contributed by atoms with E-state index in [1.165, 1.54) is 25.2 Å². The Morgan fingerprint density at radius 1 is 1.09 bits per heavy atom. The fourth-order valence-corrected chi connectivity index (χ4v) is 4.42. The van der Waals surface area contributed by atoms with Crippen molar-refractivity contribution in [2.45, 2.75) is 39.8 Å². The first-order chi connectivity index (χ1) is 16.5. The van der Waals surface area contributed by atoms with Gasteiger partial charge in [0.1, 0.15) is 24.1 Å². The summed E-state index contributed by atoms with van der Waals surface area (Å²) < 4.78 is 37.1. The number of anilines is 1. The first-order valence-corrected chi connectivity index (χ1v) is 13.2. The van der Waals surface area contributed by atoms with Crippen LogP contribution in [0.4, 0.5) is 5.69 Å². The lowest BCUT2D eigenvalue weighted by Crippen LogP contribution is -2.51. The van der Waals surface area contributed by atoms with Crippen LogP contribution in [0.5, 0.6) is 11.5 Å². The number of nitrogens with one attached hydrogen (secondary N) is 1. The number of sulfonamides is 1. The van der Waals surface area contributed by atoms with Gasteiger partial charge in [0, 0.05) is 19.2 Å². The van der Waals surface area contributed by atoms with Crippen molar-refractivity contribution in [2.24, 2.45) is 0 Å². The summed E-state index contributed by atoms with van der Waals surface area (Å²) >= 11 is 0. The van der Waals surface area contributed by atoms with Crippen LogP contribution in [0.25, 0.3) is 0 Å². The summed E-state index contributed by atoms with van der Waals surface area (Å²) in [6.45, 7) is 5.62. The normalized spacial score (nSPS) is 11.9. The second-order valence-electron chi connectivity index (χ2n) is 8.29. The summed E-state index contributed by atoms with van der Waals surface area (Å²) in [5, 5.41) is 2.81. The maximum atomic E-state index is 13.6. The molecule has 0 bridgehead atoms. The van der Waals surface area contributed by atoms with E-state index in [1.807, 2.05) is 38.1 Å². The molecule has 0 saturated heterocycles. The Morgan fingerprint density at radius 2 is 1.80 bits per heavy atom. The second-order valence-corrected chi connectivity index (χ2v) is 10.2. The maximum Gasteiger partial charge on any atom is 0.244 e. The number of carbonyl (C=O) groups is 2. The Hall–Kier alpha value is -3.27. The highest BCUT2D eigenvalue weighted by molar-refractivity contribution is 7.92. The van der Waals surface area contributed by atoms with Gasteiger partial charge in [0.25, 0.3) is 0 Å². The molecule has 9 nitrogen and oxygen atoms in total. The van der Waals surface area contributed by atoms with Gasteiger partial charge in [-0.05, 0) is 38.0 Å². The maximum absolute atomic E-state index is 13.6. The Bertz CT molecular complexity index is 1140. The van der Waals surface area contributed by atoms with E-state index in [0.29, 0.717) is 12.3 Å². The summed E-state index contributed by atoms with van der Waals surface area (Å²) in [6, 6.07) is 11.5. The van der Waals surface area contributed by atoms with Crippen molar-refractivity contribution in [3.63, 3.8) is 0 Å². The summed E-state index contributed by atoms with van der Waals surface area (Å²) in [7, 11) is -1.02. The van der Waals surface area contributed by atoms with E-state index in [1.54, 1.807) is 19.1 Å². The molecule has 0 aromatic heterocycles.